The molecule has 38 heavy (non-hydrogen) atoms. The van der Waals surface area contributed by atoms with Crippen LogP contribution in [0.4, 0.5) is 11.4 Å². The van der Waals surface area contributed by atoms with Gasteiger partial charge in [-0.25, -0.2) is 17.9 Å². The smallest absolute Gasteiger partial charge is 0.337 e. The Balaban J connectivity index is 1.53. The van der Waals surface area contributed by atoms with Crippen molar-refractivity contribution in [1.82, 2.24) is 10.0 Å². The summed E-state index contributed by atoms with van der Waals surface area (Å²) < 4.78 is 29.5. The molecule has 9 nitrogen and oxygen atoms in total. The lowest BCUT2D eigenvalue weighted by Gasteiger charge is -2.14. The van der Waals surface area contributed by atoms with Crippen molar-refractivity contribution in [2.24, 2.45) is 4.99 Å². The Bertz CT molecular complexity index is 1440. The average Bonchev–Trinajstić information content (AvgIpc) is 3.24. The number of fused-ring (bicyclic) bond motifs is 1. The normalized spacial score (nSPS) is 15.2. The molecule has 3 aromatic rings. The predicted octanol–water partition coefficient (Wildman–Crippen LogP) is 3.36. The zero-order valence-corrected chi connectivity index (χ0v) is 22.0. The van der Waals surface area contributed by atoms with Gasteiger partial charge in [-0.2, -0.15) is 0 Å². The Morgan fingerprint density at radius 3 is 2.42 bits per heavy atom. The zero-order valence-electron chi connectivity index (χ0n) is 21.2. The molecule has 3 N–H and O–H groups in total. The van der Waals surface area contributed by atoms with Crippen molar-refractivity contribution in [3.8, 4) is 0 Å². The number of carbonyl (C=O) groups excluding carboxylic acids is 2. The van der Waals surface area contributed by atoms with Crippen LogP contribution in [-0.2, 0) is 26.1 Å². The molecule has 1 aliphatic heterocycles. The zero-order chi connectivity index (χ0) is 27.1. The summed E-state index contributed by atoms with van der Waals surface area (Å²) in [7, 11) is -1.85. The Morgan fingerprint density at radius 2 is 1.74 bits per heavy atom. The predicted molar refractivity (Wildman–Crippen MR) is 147 cm³/mol. The summed E-state index contributed by atoms with van der Waals surface area (Å²) in [4.78, 5) is 30.0. The van der Waals surface area contributed by atoms with Gasteiger partial charge in [0.05, 0.1) is 30.3 Å². The van der Waals surface area contributed by atoms with Crippen LogP contribution in [0.1, 0.15) is 39.4 Å². The molecule has 0 radical (unpaired) electrons. The number of carbonyl (C=O) groups is 2. The number of benzene rings is 3. The summed E-state index contributed by atoms with van der Waals surface area (Å²) in [6, 6.07) is 22.3. The number of nitrogens with zero attached hydrogens (tertiary/aromatic N) is 1. The minimum absolute atomic E-state index is 0.212. The molecule has 1 atom stereocenters. The summed E-state index contributed by atoms with van der Waals surface area (Å²) in [6.45, 7) is 1.70. The molecule has 0 fully saturated rings. The standard InChI is InChI=1S/C28H30N4O5S/c1-37-28(34)21-11-14-23-24(17-21)32-27(33)25(23)26(20-7-4-3-5-8-20)31-22-12-9-19(10-13-22)18-29-15-6-16-30-38(2,35)36/h3-5,7-14,17,25,29-30H,6,15-16,18H2,1-2H3,(H,32,33). The largest absolute Gasteiger partial charge is 0.465 e. The maximum Gasteiger partial charge on any atom is 0.337 e. The van der Waals surface area contributed by atoms with Gasteiger partial charge in [0, 0.05) is 18.8 Å². The summed E-state index contributed by atoms with van der Waals surface area (Å²) in [5, 5.41) is 6.18. The number of esters is 1. The highest BCUT2D eigenvalue weighted by Crippen LogP contribution is 2.37. The van der Waals surface area contributed by atoms with Crippen LogP contribution in [0, 0.1) is 0 Å². The highest BCUT2D eigenvalue weighted by Gasteiger charge is 2.36. The van der Waals surface area contributed by atoms with Crippen molar-refractivity contribution in [2.45, 2.75) is 18.9 Å². The number of ether oxygens (including phenoxy) is 1. The van der Waals surface area contributed by atoms with Crippen molar-refractivity contribution < 1.29 is 22.7 Å². The van der Waals surface area contributed by atoms with Gasteiger partial charge in [-0.3, -0.25) is 9.79 Å². The lowest BCUT2D eigenvalue weighted by Crippen LogP contribution is -2.26. The number of aliphatic imine (C=N–C) groups is 1. The number of anilines is 1. The van der Waals surface area contributed by atoms with Gasteiger partial charge in [0.2, 0.25) is 15.9 Å². The van der Waals surface area contributed by atoms with Gasteiger partial charge in [-0.05, 0) is 53.9 Å². The van der Waals surface area contributed by atoms with E-state index in [9.17, 15) is 18.0 Å². The Kier molecular flexibility index (Phi) is 8.67. The molecule has 3 aromatic carbocycles. The fraction of sp³-hybridized carbons (Fsp3) is 0.250. The first-order chi connectivity index (χ1) is 18.2. The van der Waals surface area contributed by atoms with Crippen molar-refractivity contribution in [1.29, 1.82) is 0 Å². The minimum Gasteiger partial charge on any atom is -0.465 e. The number of sulfonamides is 1. The molecule has 1 unspecified atom stereocenters. The van der Waals surface area contributed by atoms with Crippen molar-refractivity contribution in [3.63, 3.8) is 0 Å². The van der Waals surface area contributed by atoms with Gasteiger partial charge in [-0.15, -0.1) is 0 Å². The molecule has 1 aliphatic rings. The maximum atomic E-state index is 13.1. The van der Waals surface area contributed by atoms with E-state index in [0.29, 0.717) is 48.7 Å². The summed E-state index contributed by atoms with van der Waals surface area (Å²) >= 11 is 0. The summed E-state index contributed by atoms with van der Waals surface area (Å²) in [5.74, 6) is -1.32. The van der Waals surface area contributed by atoms with Crippen molar-refractivity contribution in [2.75, 3.05) is 31.8 Å². The number of methoxy groups -OCH3 is 1. The molecule has 0 bridgehead atoms. The van der Waals surface area contributed by atoms with Crippen LogP contribution in [0.25, 0.3) is 0 Å². The van der Waals surface area contributed by atoms with E-state index in [2.05, 4.69) is 15.4 Å². The van der Waals surface area contributed by atoms with Crippen LogP contribution < -0.4 is 15.4 Å². The summed E-state index contributed by atoms with van der Waals surface area (Å²) in [6.07, 6.45) is 1.83. The topological polar surface area (TPSA) is 126 Å². The second kappa shape index (κ2) is 12.1. The molecule has 0 saturated carbocycles. The summed E-state index contributed by atoms with van der Waals surface area (Å²) in [5.41, 5.74) is 4.87. The highest BCUT2D eigenvalue weighted by atomic mass is 32.2. The molecular formula is C28H30N4O5S. The molecule has 0 aromatic heterocycles. The van der Waals surface area contributed by atoms with Crippen LogP contribution in [0.2, 0.25) is 0 Å². The van der Waals surface area contributed by atoms with E-state index in [4.69, 9.17) is 9.73 Å². The molecule has 0 aliphatic carbocycles. The van der Waals surface area contributed by atoms with E-state index in [1.807, 2.05) is 54.6 Å². The SMILES string of the molecule is COC(=O)c1ccc2c(c1)NC(=O)C2C(=Nc1ccc(CNCCCNS(C)(=O)=O)cc1)c1ccccc1. The van der Waals surface area contributed by atoms with Gasteiger partial charge < -0.3 is 15.4 Å². The van der Waals surface area contributed by atoms with E-state index in [-0.39, 0.29) is 5.91 Å². The third kappa shape index (κ3) is 6.91. The molecule has 0 saturated heterocycles. The van der Waals surface area contributed by atoms with Crippen molar-refractivity contribution >= 4 is 39.0 Å². The number of hydrogen-bond acceptors (Lipinski definition) is 7. The molecule has 1 heterocycles. The second-order valence-corrected chi connectivity index (χ2v) is 10.8. The molecule has 4 rings (SSSR count). The third-order valence-corrected chi connectivity index (χ3v) is 6.79. The number of hydrogen-bond donors (Lipinski definition) is 3. The highest BCUT2D eigenvalue weighted by molar-refractivity contribution is 7.88. The molecule has 1 amide bonds. The van der Waals surface area contributed by atoms with Crippen LogP contribution >= 0.6 is 0 Å². The van der Waals surface area contributed by atoms with Crippen LogP contribution in [0.3, 0.4) is 0 Å². The van der Waals surface area contributed by atoms with Crippen LogP contribution in [0.5, 0.6) is 0 Å². The lowest BCUT2D eigenvalue weighted by atomic mass is 9.90. The third-order valence-electron chi connectivity index (χ3n) is 6.06. The van der Waals surface area contributed by atoms with Crippen LogP contribution in [0.15, 0.2) is 77.8 Å². The van der Waals surface area contributed by atoms with E-state index < -0.39 is 21.9 Å². The first-order valence-electron chi connectivity index (χ1n) is 12.2. The van der Waals surface area contributed by atoms with E-state index >= 15 is 0 Å². The van der Waals surface area contributed by atoms with Crippen LogP contribution in [-0.4, -0.2) is 52.5 Å². The monoisotopic (exact) mass is 534 g/mol. The van der Waals surface area contributed by atoms with Gasteiger partial charge in [-0.1, -0.05) is 48.5 Å². The Labute approximate surface area is 222 Å². The quantitative estimate of drug-likeness (QED) is 0.197. The number of amides is 1. The van der Waals surface area contributed by atoms with E-state index in [1.54, 1.807) is 18.2 Å². The first-order valence-corrected chi connectivity index (χ1v) is 14.1. The number of nitrogens with one attached hydrogen (secondary N) is 3. The van der Waals surface area contributed by atoms with Crippen molar-refractivity contribution in [3.05, 3.63) is 95.1 Å². The molecular weight excluding hydrogens is 504 g/mol. The van der Waals surface area contributed by atoms with E-state index in [1.165, 1.54) is 7.11 Å². The Hall–Kier alpha value is -3.86. The Morgan fingerprint density at radius 1 is 1.00 bits per heavy atom. The molecule has 10 heteroatoms. The fourth-order valence-corrected chi connectivity index (χ4v) is 4.73. The first kappa shape index (κ1) is 27.2. The van der Waals surface area contributed by atoms with Gasteiger partial charge in [0.25, 0.3) is 0 Å². The number of rotatable bonds is 11. The minimum atomic E-state index is -3.16. The van der Waals surface area contributed by atoms with Gasteiger partial charge >= 0.3 is 5.97 Å². The van der Waals surface area contributed by atoms with E-state index in [0.717, 1.165) is 22.9 Å². The van der Waals surface area contributed by atoms with Gasteiger partial charge in [0.1, 0.15) is 5.92 Å². The average molecular weight is 535 g/mol. The molecule has 198 valence electrons. The second-order valence-electron chi connectivity index (χ2n) is 8.94. The lowest BCUT2D eigenvalue weighted by molar-refractivity contribution is -0.115. The molecule has 0 spiro atoms. The van der Waals surface area contributed by atoms with Gasteiger partial charge in [0.15, 0.2) is 0 Å². The maximum absolute atomic E-state index is 13.1. The fourth-order valence-electron chi connectivity index (χ4n) is 4.21.